The highest BCUT2D eigenvalue weighted by Crippen LogP contribution is 2.65. The number of fused-ring (bicyclic) bond motifs is 1. The van der Waals surface area contributed by atoms with Gasteiger partial charge in [0.05, 0.1) is 18.1 Å². The number of hydrogen-bond donors (Lipinski definition) is 1. The summed E-state index contributed by atoms with van der Waals surface area (Å²) >= 11 is 0. The molecular formula is C32H44N2O6. The van der Waals surface area contributed by atoms with E-state index in [1.165, 1.54) is 0 Å². The SMILES string of the molecule is C=CCCOC(=O)[C@@H]1[C@H]2C(=O)N(CCCCCO)C(C(=O)N(CC=C)c3c(C)cccc3C)C23CC(C)[C@@]1(C)O3. The molecule has 3 aliphatic heterocycles. The zero-order chi connectivity index (χ0) is 29.2. The van der Waals surface area contributed by atoms with Crippen LogP contribution in [-0.4, -0.2) is 71.3 Å². The van der Waals surface area contributed by atoms with Gasteiger partial charge in [0, 0.05) is 25.4 Å². The molecule has 3 unspecified atom stereocenters. The van der Waals surface area contributed by atoms with Gasteiger partial charge in [0.25, 0.3) is 5.91 Å². The lowest BCUT2D eigenvalue weighted by molar-refractivity contribution is -0.161. The Hall–Kier alpha value is -2.97. The molecule has 8 heteroatoms. The molecule has 4 rings (SSSR count). The second-order valence-corrected chi connectivity index (χ2v) is 11.7. The van der Waals surface area contributed by atoms with Gasteiger partial charge in [-0.15, -0.1) is 13.2 Å². The molecule has 0 aliphatic carbocycles. The largest absolute Gasteiger partial charge is 0.465 e. The Morgan fingerprint density at radius 3 is 2.52 bits per heavy atom. The van der Waals surface area contributed by atoms with E-state index < -0.39 is 35.0 Å². The van der Waals surface area contributed by atoms with Crippen molar-refractivity contribution >= 4 is 23.5 Å². The van der Waals surface area contributed by atoms with Crippen molar-refractivity contribution in [3.63, 3.8) is 0 Å². The number of esters is 1. The van der Waals surface area contributed by atoms with Gasteiger partial charge in [-0.25, -0.2) is 0 Å². The van der Waals surface area contributed by atoms with Gasteiger partial charge in [-0.1, -0.05) is 37.3 Å². The molecule has 2 amide bonds. The predicted octanol–water partition coefficient (Wildman–Crippen LogP) is 4.12. The fourth-order valence-electron chi connectivity index (χ4n) is 7.32. The standard InChI is InChI=1S/C32H44N2O6/c1-7-9-19-39-30(38)25-24-28(36)34(17-11-10-12-18-35)27(32(24)20-23(5)31(25,6)40-32)29(37)33(16-8-2)26-21(3)14-13-15-22(26)4/h7-8,13-15,23-25,27,35H,1-2,9-12,16-20H2,3-6H3/t23?,24-,25-,27?,31+,32?/m0/s1. The first-order valence-corrected chi connectivity index (χ1v) is 14.5. The van der Waals surface area contributed by atoms with E-state index in [0.717, 1.165) is 16.8 Å². The van der Waals surface area contributed by atoms with E-state index in [1.807, 2.05) is 45.9 Å². The number of carbonyl (C=O) groups excluding carboxylic acids is 3. The van der Waals surface area contributed by atoms with Crippen molar-refractivity contribution < 1.29 is 29.0 Å². The summed E-state index contributed by atoms with van der Waals surface area (Å²) in [7, 11) is 0. The monoisotopic (exact) mass is 552 g/mol. The summed E-state index contributed by atoms with van der Waals surface area (Å²) in [6.45, 7) is 16.3. The summed E-state index contributed by atoms with van der Waals surface area (Å²) in [6.07, 6.45) is 6.34. The second kappa shape index (κ2) is 11.9. The topological polar surface area (TPSA) is 96.4 Å². The molecule has 1 aromatic rings. The number of ether oxygens (including phenoxy) is 2. The summed E-state index contributed by atoms with van der Waals surface area (Å²) in [5.41, 5.74) is 0.631. The number of benzene rings is 1. The number of likely N-dealkylation sites (tertiary alicyclic amines) is 1. The van der Waals surface area contributed by atoms with Crippen LogP contribution < -0.4 is 4.90 Å². The maximum absolute atomic E-state index is 14.7. The van der Waals surface area contributed by atoms with Crippen molar-refractivity contribution in [2.24, 2.45) is 17.8 Å². The Morgan fingerprint density at radius 2 is 1.90 bits per heavy atom. The van der Waals surface area contributed by atoms with Crippen molar-refractivity contribution in [3.05, 3.63) is 54.6 Å². The van der Waals surface area contributed by atoms with Crippen LogP contribution in [0.5, 0.6) is 0 Å². The van der Waals surface area contributed by atoms with Crippen LogP contribution in [0.3, 0.4) is 0 Å². The highest BCUT2D eigenvalue weighted by atomic mass is 16.6. The van der Waals surface area contributed by atoms with Gasteiger partial charge in [0.1, 0.15) is 17.6 Å². The normalized spacial score (nSPS) is 30.3. The van der Waals surface area contributed by atoms with Gasteiger partial charge in [0.2, 0.25) is 5.91 Å². The van der Waals surface area contributed by atoms with Gasteiger partial charge in [-0.2, -0.15) is 0 Å². The summed E-state index contributed by atoms with van der Waals surface area (Å²) in [5.74, 6) is -2.59. The summed E-state index contributed by atoms with van der Waals surface area (Å²) in [5, 5.41) is 9.29. The number of aliphatic hydroxyl groups excluding tert-OH is 1. The molecule has 0 saturated carbocycles. The van der Waals surface area contributed by atoms with Crippen molar-refractivity contribution in [2.45, 2.75) is 77.0 Å². The molecule has 218 valence electrons. The Morgan fingerprint density at radius 1 is 1.20 bits per heavy atom. The van der Waals surface area contributed by atoms with Crippen LogP contribution >= 0.6 is 0 Å². The highest BCUT2D eigenvalue weighted by Gasteiger charge is 2.80. The average molecular weight is 553 g/mol. The fourth-order valence-corrected chi connectivity index (χ4v) is 7.32. The van der Waals surface area contributed by atoms with Crippen LogP contribution in [0.1, 0.15) is 57.1 Å². The van der Waals surface area contributed by atoms with Gasteiger partial charge in [-0.05, 0) is 69.9 Å². The first kappa shape index (κ1) is 30.0. The summed E-state index contributed by atoms with van der Waals surface area (Å²) < 4.78 is 12.4. The van der Waals surface area contributed by atoms with Gasteiger partial charge in [0.15, 0.2) is 0 Å². The number of para-hydroxylation sites is 1. The molecule has 1 spiro atoms. The number of aryl methyl sites for hydroxylation is 2. The molecule has 1 N–H and O–H groups in total. The molecule has 0 aromatic heterocycles. The van der Waals surface area contributed by atoms with Gasteiger partial charge in [-0.3, -0.25) is 14.4 Å². The van der Waals surface area contributed by atoms with E-state index >= 15 is 0 Å². The average Bonchev–Trinajstić information content (AvgIpc) is 3.42. The number of unbranched alkanes of at least 4 members (excludes halogenated alkanes) is 2. The number of carbonyl (C=O) groups is 3. The van der Waals surface area contributed by atoms with Crippen LogP contribution in [0.4, 0.5) is 5.69 Å². The Labute approximate surface area is 238 Å². The zero-order valence-electron chi connectivity index (χ0n) is 24.4. The van der Waals surface area contributed by atoms with Crippen molar-refractivity contribution in [1.29, 1.82) is 0 Å². The van der Waals surface area contributed by atoms with E-state index in [4.69, 9.17) is 9.47 Å². The lowest BCUT2D eigenvalue weighted by Gasteiger charge is -2.38. The molecule has 6 atom stereocenters. The number of aliphatic hydroxyl groups is 1. The van der Waals surface area contributed by atoms with Crippen molar-refractivity contribution in [2.75, 3.05) is 31.2 Å². The third-order valence-electron chi connectivity index (χ3n) is 9.21. The Balaban J connectivity index is 1.80. The number of hydrogen-bond acceptors (Lipinski definition) is 6. The van der Waals surface area contributed by atoms with E-state index in [-0.39, 0.29) is 37.5 Å². The quantitative estimate of drug-likeness (QED) is 0.225. The number of anilines is 1. The van der Waals surface area contributed by atoms with E-state index in [0.29, 0.717) is 38.6 Å². The number of nitrogens with zero attached hydrogens (tertiary/aromatic N) is 2. The van der Waals surface area contributed by atoms with E-state index in [9.17, 15) is 19.5 Å². The fraction of sp³-hybridized carbons (Fsp3) is 0.594. The molecule has 3 fully saturated rings. The molecule has 40 heavy (non-hydrogen) atoms. The summed E-state index contributed by atoms with van der Waals surface area (Å²) in [6, 6.07) is 5.00. The molecule has 0 radical (unpaired) electrons. The predicted molar refractivity (Wildman–Crippen MR) is 154 cm³/mol. The summed E-state index contributed by atoms with van der Waals surface area (Å²) in [4.78, 5) is 45.9. The molecule has 3 aliphatic rings. The van der Waals surface area contributed by atoms with E-state index in [1.54, 1.807) is 22.0 Å². The maximum Gasteiger partial charge on any atom is 0.312 e. The number of rotatable bonds is 13. The van der Waals surface area contributed by atoms with Crippen LogP contribution in [-0.2, 0) is 23.9 Å². The van der Waals surface area contributed by atoms with E-state index in [2.05, 4.69) is 13.2 Å². The number of amides is 2. The van der Waals surface area contributed by atoms with Crippen LogP contribution in [0, 0.1) is 31.6 Å². The molecule has 3 heterocycles. The molecular weight excluding hydrogens is 508 g/mol. The minimum absolute atomic E-state index is 0.0637. The van der Waals surface area contributed by atoms with Gasteiger partial charge < -0.3 is 24.4 Å². The smallest absolute Gasteiger partial charge is 0.312 e. The molecule has 2 bridgehead atoms. The Bertz CT molecular complexity index is 1150. The molecule has 1 aromatic carbocycles. The minimum atomic E-state index is -1.14. The lowest BCUT2D eigenvalue weighted by atomic mass is 9.62. The van der Waals surface area contributed by atoms with Crippen LogP contribution in [0.25, 0.3) is 0 Å². The minimum Gasteiger partial charge on any atom is -0.465 e. The van der Waals surface area contributed by atoms with Crippen molar-refractivity contribution in [3.8, 4) is 0 Å². The van der Waals surface area contributed by atoms with Crippen LogP contribution in [0.2, 0.25) is 0 Å². The first-order chi connectivity index (χ1) is 19.1. The zero-order valence-corrected chi connectivity index (χ0v) is 24.4. The third kappa shape index (κ3) is 4.79. The highest BCUT2D eigenvalue weighted by molar-refractivity contribution is 6.05. The van der Waals surface area contributed by atoms with Crippen molar-refractivity contribution in [1.82, 2.24) is 4.90 Å². The molecule has 3 saturated heterocycles. The first-order valence-electron chi connectivity index (χ1n) is 14.5. The lowest BCUT2D eigenvalue weighted by Crippen LogP contribution is -2.57. The molecule has 8 nitrogen and oxygen atoms in total. The Kier molecular flexibility index (Phi) is 8.90. The third-order valence-corrected chi connectivity index (χ3v) is 9.21. The van der Waals surface area contributed by atoms with Crippen LogP contribution in [0.15, 0.2) is 43.5 Å². The maximum atomic E-state index is 14.7. The second-order valence-electron chi connectivity index (χ2n) is 11.7. The van der Waals surface area contributed by atoms with Gasteiger partial charge >= 0.3 is 5.97 Å².